The van der Waals surface area contributed by atoms with Gasteiger partial charge >= 0.3 is 0 Å². The summed E-state index contributed by atoms with van der Waals surface area (Å²) in [4.78, 5) is 2.49. The summed E-state index contributed by atoms with van der Waals surface area (Å²) in [5, 5.41) is 11.1. The molecule has 6 nitrogen and oxygen atoms in total. The van der Waals surface area contributed by atoms with Gasteiger partial charge in [-0.3, -0.25) is 4.90 Å². The molecule has 0 atom stereocenters. The highest BCUT2D eigenvalue weighted by molar-refractivity contribution is 6.31. The minimum Gasteiger partial charge on any atom is -0.495 e. The molecule has 1 heterocycles. The molecular weight excluding hydrogens is 446 g/mol. The number of hydrogen-bond donors (Lipinski definition) is 4. The highest BCUT2D eigenvalue weighted by atomic mass is 35.5. The van der Waals surface area contributed by atoms with Crippen LogP contribution >= 0.6 is 11.6 Å². The summed E-state index contributed by atoms with van der Waals surface area (Å²) in [7, 11) is 1.70. The zero-order valence-corrected chi connectivity index (χ0v) is 21.1. The van der Waals surface area contributed by atoms with Crippen molar-refractivity contribution in [3.63, 3.8) is 0 Å². The Morgan fingerprint density at radius 2 is 1.85 bits per heavy atom. The lowest BCUT2D eigenvalue weighted by atomic mass is 9.92. The van der Waals surface area contributed by atoms with E-state index in [-0.39, 0.29) is 0 Å². The molecule has 2 aromatic carbocycles. The second-order valence-electron chi connectivity index (χ2n) is 8.34. The zero-order chi connectivity index (χ0) is 24.2. The largest absolute Gasteiger partial charge is 0.495 e. The van der Waals surface area contributed by atoms with E-state index in [1.807, 2.05) is 42.5 Å². The zero-order valence-electron chi connectivity index (χ0n) is 20.4. The molecule has 34 heavy (non-hydrogen) atoms. The smallest absolute Gasteiger partial charge is 0.141 e. The van der Waals surface area contributed by atoms with Gasteiger partial charge < -0.3 is 26.4 Å². The van der Waals surface area contributed by atoms with Crippen LogP contribution in [0.2, 0.25) is 5.02 Å². The molecule has 3 rings (SSSR count). The van der Waals surface area contributed by atoms with E-state index < -0.39 is 0 Å². The minimum atomic E-state index is 0.674. The van der Waals surface area contributed by atoms with Crippen molar-refractivity contribution >= 4 is 28.5 Å². The average Bonchev–Trinajstić information content (AvgIpc) is 2.85. The van der Waals surface area contributed by atoms with Crippen molar-refractivity contribution in [2.45, 2.75) is 13.3 Å². The lowest BCUT2D eigenvalue weighted by Crippen LogP contribution is -2.37. The molecule has 0 radical (unpaired) electrons. The second-order valence-corrected chi connectivity index (χ2v) is 8.78. The molecule has 2 aromatic rings. The van der Waals surface area contributed by atoms with Crippen LogP contribution in [-0.2, 0) is 0 Å². The number of ether oxygens (including phenoxy) is 1. The summed E-state index contributed by atoms with van der Waals surface area (Å²) in [6.07, 6.45) is 5.52. The summed E-state index contributed by atoms with van der Waals surface area (Å²) in [5.74, 6) is 0.875. The number of nitrogens with two attached hydrogens (primary N) is 1. The molecule has 0 bridgehead atoms. The lowest BCUT2D eigenvalue weighted by Gasteiger charge is -2.27. The van der Waals surface area contributed by atoms with E-state index in [9.17, 15) is 0 Å². The van der Waals surface area contributed by atoms with E-state index in [1.54, 1.807) is 7.11 Å². The van der Waals surface area contributed by atoms with Gasteiger partial charge in [0.15, 0.2) is 0 Å². The van der Waals surface area contributed by atoms with Crippen molar-refractivity contribution < 1.29 is 4.74 Å². The first-order valence-corrected chi connectivity index (χ1v) is 12.4. The molecule has 5 N–H and O–H groups in total. The molecule has 0 unspecified atom stereocenters. The summed E-state index contributed by atoms with van der Waals surface area (Å²) in [5.41, 5.74) is 11.6. The molecule has 0 spiro atoms. The molecular formula is C27H38ClN5O. The number of para-hydroxylation sites is 2. The molecule has 184 valence electrons. The second kappa shape index (κ2) is 14.0. The maximum absolute atomic E-state index is 6.22. The monoisotopic (exact) mass is 483 g/mol. The third-order valence-electron chi connectivity index (χ3n) is 6.04. The van der Waals surface area contributed by atoms with Gasteiger partial charge in [-0.15, -0.1) is 0 Å². The number of rotatable bonds is 13. The predicted molar refractivity (Wildman–Crippen MR) is 146 cm³/mol. The Bertz CT molecular complexity index is 975. The van der Waals surface area contributed by atoms with Crippen molar-refractivity contribution in [3.05, 3.63) is 70.8 Å². The van der Waals surface area contributed by atoms with Crippen molar-refractivity contribution in [2.75, 3.05) is 70.5 Å². The molecule has 1 aliphatic rings. The van der Waals surface area contributed by atoms with Gasteiger partial charge in [-0.2, -0.15) is 0 Å². The van der Waals surface area contributed by atoms with Gasteiger partial charge in [-0.1, -0.05) is 42.0 Å². The maximum atomic E-state index is 6.22. The van der Waals surface area contributed by atoms with Crippen molar-refractivity contribution in [1.29, 1.82) is 0 Å². The number of nitrogens with one attached hydrogen (secondary N) is 3. The van der Waals surface area contributed by atoms with E-state index in [4.69, 9.17) is 22.1 Å². The van der Waals surface area contributed by atoms with Crippen LogP contribution in [0.25, 0.3) is 5.57 Å². The Kier molecular flexibility index (Phi) is 10.8. The Morgan fingerprint density at radius 1 is 1.09 bits per heavy atom. The molecule has 7 heteroatoms. The van der Waals surface area contributed by atoms with Crippen molar-refractivity contribution in [1.82, 2.24) is 15.5 Å². The molecule has 0 amide bonds. The minimum absolute atomic E-state index is 0.674. The van der Waals surface area contributed by atoms with Gasteiger partial charge in [-0.05, 0) is 48.8 Å². The van der Waals surface area contributed by atoms with Crippen LogP contribution in [0.5, 0.6) is 5.75 Å². The Hall–Kier alpha value is -2.51. The van der Waals surface area contributed by atoms with Crippen LogP contribution in [0.4, 0.5) is 11.4 Å². The van der Waals surface area contributed by atoms with Gasteiger partial charge in [0.25, 0.3) is 0 Å². The van der Waals surface area contributed by atoms with Crippen LogP contribution < -0.4 is 26.4 Å². The first-order chi connectivity index (χ1) is 16.6. The third kappa shape index (κ3) is 7.77. The van der Waals surface area contributed by atoms with Gasteiger partial charge in [-0.25, -0.2) is 0 Å². The maximum Gasteiger partial charge on any atom is 0.141 e. The van der Waals surface area contributed by atoms with Crippen LogP contribution in [-0.4, -0.2) is 64.4 Å². The quantitative estimate of drug-likeness (QED) is 0.252. The third-order valence-corrected chi connectivity index (χ3v) is 6.27. The topological polar surface area (TPSA) is 74.6 Å². The predicted octanol–water partition coefficient (Wildman–Crippen LogP) is 4.26. The SMILES string of the molecule is C/C=C(/C1=CCN(CCNCCNCCNc2ccccc2OC)CC1)c1ccc(Cl)cc1N. The lowest BCUT2D eigenvalue weighted by molar-refractivity contribution is 0.295. The van der Waals surface area contributed by atoms with Gasteiger partial charge in [0.05, 0.1) is 12.8 Å². The number of halogens is 1. The highest BCUT2D eigenvalue weighted by Gasteiger charge is 2.16. The molecule has 0 saturated carbocycles. The highest BCUT2D eigenvalue weighted by Crippen LogP contribution is 2.32. The molecule has 0 saturated heterocycles. The summed E-state index contributed by atoms with van der Waals surface area (Å²) in [6.45, 7) is 9.82. The normalized spacial score (nSPS) is 14.7. The first-order valence-electron chi connectivity index (χ1n) is 12.0. The van der Waals surface area contributed by atoms with Gasteiger partial charge in [0.2, 0.25) is 0 Å². The van der Waals surface area contributed by atoms with Crippen LogP contribution in [0.15, 0.2) is 60.2 Å². The fourth-order valence-corrected chi connectivity index (χ4v) is 4.37. The van der Waals surface area contributed by atoms with Crippen LogP contribution in [0.1, 0.15) is 18.9 Å². The summed E-state index contributed by atoms with van der Waals surface area (Å²) < 4.78 is 5.36. The van der Waals surface area contributed by atoms with E-state index in [0.717, 1.165) is 81.5 Å². The first kappa shape index (κ1) is 26.1. The fraction of sp³-hybridized carbons (Fsp3) is 0.407. The molecule has 0 aromatic heterocycles. The van der Waals surface area contributed by atoms with Crippen molar-refractivity contribution in [2.24, 2.45) is 0 Å². The summed E-state index contributed by atoms with van der Waals surface area (Å²) >= 11 is 6.07. The fourth-order valence-electron chi connectivity index (χ4n) is 4.19. The van der Waals surface area contributed by atoms with E-state index in [1.165, 1.54) is 11.1 Å². The van der Waals surface area contributed by atoms with Crippen LogP contribution in [0.3, 0.4) is 0 Å². The van der Waals surface area contributed by atoms with E-state index >= 15 is 0 Å². The number of anilines is 2. The molecule has 0 aliphatic carbocycles. The standard InChI is InChI=1S/C27H38ClN5O/c1-3-23(24-9-8-22(28)20-25(24)29)21-10-17-33(18-11-21)19-16-31-13-12-30-14-15-32-26-6-4-5-7-27(26)34-2/h3-10,20,30-32H,11-19,29H2,1-2H3/b23-3-. The Labute approximate surface area is 209 Å². The Morgan fingerprint density at radius 3 is 2.56 bits per heavy atom. The Balaban J connectivity index is 1.28. The number of hydrogen-bond acceptors (Lipinski definition) is 6. The van der Waals surface area contributed by atoms with E-state index in [2.05, 4.69) is 39.9 Å². The van der Waals surface area contributed by atoms with Gasteiger partial charge in [0, 0.05) is 68.6 Å². The number of methoxy groups -OCH3 is 1. The van der Waals surface area contributed by atoms with Gasteiger partial charge in [0.1, 0.15) is 5.75 Å². The van der Waals surface area contributed by atoms with Crippen molar-refractivity contribution in [3.8, 4) is 5.75 Å². The molecule has 0 fully saturated rings. The number of benzene rings is 2. The molecule has 1 aliphatic heterocycles. The number of nitrogens with zero attached hydrogens (tertiary/aromatic N) is 1. The van der Waals surface area contributed by atoms with Crippen LogP contribution in [0, 0.1) is 0 Å². The number of nitrogen functional groups attached to an aromatic ring is 1. The number of allylic oxidation sites excluding steroid dienone is 2. The summed E-state index contributed by atoms with van der Waals surface area (Å²) in [6, 6.07) is 13.7. The average molecular weight is 484 g/mol. The van der Waals surface area contributed by atoms with E-state index in [0.29, 0.717) is 5.02 Å².